The normalized spacial score (nSPS) is 11.8. The van der Waals surface area contributed by atoms with E-state index in [1.807, 2.05) is 11.3 Å². The second kappa shape index (κ2) is 16.0. The molecule has 14 aromatic rings. The summed E-state index contributed by atoms with van der Waals surface area (Å²) in [7, 11) is 0. The Morgan fingerprint density at radius 1 is 0.319 bits per heavy atom. The molecule has 0 N–H and O–H groups in total. The summed E-state index contributed by atoms with van der Waals surface area (Å²) in [5.41, 5.74) is 14.2. The summed E-state index contributed by atoms with van der Waals surface area (Å²) in [5, 5.41) is 12.4. The molecule has 322 valence electrons. The molecule has 0 bridgehead atoms. The lowest BCUT2D eigenvalue weighted by Gasteiger charge is -2.28. The minimum Gasteiger partial charge on any atom is -0.310 e. The predicted molar refractivity (Wildman–Crippen MR) is 297 cm³/mol. The third kappa shape index (κ3) is 6.39. The zero-order chi connectivity index (χ0) is 45.4. The van der Waals surface area contributed by atoms with Crippen LogP contribution in [-0.4, -0.2) is 4.57 Å². The third-order valence-corrected chi connectivity index (χ3v) is 15.4. The van der Waals surface area contributed by atoms with E-state index in [0.29, 0.717) is 0 Å². The largest absolute Gasteiger partial charge is 0.310 e. The van der Waals surface area contributed by atoms with Crippen LogP contribution in [0.4, 0.5) is 17.1 Å². The molecule has 0 saturated carbocycles. The number of nitrogens with zero attached hydrogens (tertiary/aromatic N) is 2. The van der Waals surface area contributed by atoms with Crippen LogP contribution in [0, 0.1) is 0 Å². The first-order chi connectivity index (χ1) is 34.2. The average Bonchev–Trinajstić information content (AvgIpc) is 3.98. The van der Waals surface area contributed by atoms with Crippen LogP contribution in [0.25, 0.3) is 113 Å². The lowest BCUT2D eigenvalue weighted by molar-refractivity contribution is 1.20. The van der Waals surface area contributed by atoms with Gasteiger partial charge in [0.05, 0.1) is 22.4 Å². The molecule has 14 rings (SSSR count). The van der Waals surface area contributed by atoms with Crippen molar-refractivity contribution in [1.29, 1.82) is 0 Å². The first-order valence-corrected chi connectivity index (χ1v) is 24.5. The Kier molecular flexibility index (Phi) is 9.11. The van der Waals surface area contributed by atoms with Crippen molar-refractivity contribution in [2.75, 3.05) is 4.90 Å². The second-order valence-corrected chi connectivity index (χ2v) is 19.1. The predicted octanol–water partition coefficient (Wildman–Crippen LogP) is 19.1. The van der Waals surface area contributed by atoms with Crippen molar-refractivity contribution in [2.24, 2.45) is 0 Å². The number of rotatable bonds is 7. The van der Waals surface area contributed by atoms with Crippen molar-refractivity contribution in [3.05, 3.63) is 255 Å². The molecule has 0 unspecified atom stereocenters. The second-order valence-electron chi connectivity index (χ2n) is 18.0. The van der Waals surface area contributed by atoms with Gasteiger partial charge in [-0.15, -0.1) is 11.3 Å². The maximum atomic E-state index is 2.49. The fourth-order valence-corrected chi connectivity index (χ4v) is 12.3. The van der Waals surface area contributed by atoms with Crippen molar-refractivity contribution in [1.82, 2.24) is 4.57 Å². The van der Waals surface area contributed by atoms with E-state index in [1.165, 1.54) is 108 Å². The van der Waals surface area contributed by atoms with Gasteiger partial charge in [0.1, 0.15) is 0 Å². The zero-order valence-electron chi connectivity index (χ0n) is 37.6. The smallest absolute Gasteiger partial charge is 0.0555 e. The molecule has 0 saturated heterocycles. The monoisotopic (exact) mass is 894 g/mol. The maximum Gasteiger partial charge on any atom is 0.0555 e. The number of hydrogen-bond acceptors (Lipinski definition) is 2. The van der Waals surface area contributed by atoms with Gasteiger partial charge in [-0.1, -0.05) is 194 Å². The Morgan fingerprint density at radius 3 is 1.80 bits per heavy atom. The van der Waals surface area contributed by atoms with Crippen LogP contribution in [0.2, 0.25) is 0 Å². The Labute approximate surface area is 403 Å². The van der Waals surface area contributed by atoms with E-state index in [1.54, 1.807) is 0 Å². The van der Waals surface area contributed by atoms with Gasteiger partial charge in [0.15, 0.2) is 0 Å². The van der Waals surface area contributed by atoms with Gasteiger partial charge >= 0.3 is 0 Å². The summed E-state index contributed by atoms with van der Waals surface area (Å²) in [6.07, 6.45) is 0. The third-order valence-electron chi connectivity index (χ3n) is 14.2. The number of thiophene rings is 1. The van der Waals surface area contributed by atoms with Crippen LogP contribution in [0.5, 0.6) is 0 Å². The van der Waals surface area contributed by atoms with Crippen molar-refractivity contribution >= 4 is 103 Å². The standard InChI is InChI=1S/C66H42N2S/c1-2-18-47-41-48(34-33-43(47)15-1)44-35-37-50(38-36-44)67(62-40-39-56(55-28-12-19-45-16-3-5-23-52(45)55)66-65(62)58-26-8-10-32-63(58)69-66)51-22-11-21-49(42-51)54-27-14-31-61-64(54)57-25-7-9-29-60(57)68(61)59-30-13-20-46-17-4-6-24-53(46)59/h1-42H. The van der Waals surface area contributed by atoms with Gasteiger partial charge in [0.2, 0.25) is 0 Å². The summed E-state index contributed by atoms with van der Waals surface area (Å²) >= 11 is 1.89. The fraction of sp³-hybridized carbons (Fsp3) is 0. The van der Waals surface area contributed by atoms with Crippen LogP contribution in [0.3, 0.4) is 0 Å². The van der Waals surface area contributed by atoms with Crippen molar-refractivity contribution in [3.63, 3.8) is 0 Å². The molecule has 2 aromatic heterocycles. The topological polar surface area (TPSA) is 8.17 Å². The van der Waals surface area contributed by atoms with Crippen molar-refractivity contribution < 1.29 is 0 Å². The summed E-state index contributed by atoms with van der Waals surface area (Å²) < 4.78 is 5.01. The van der Waals surface area contributed by atoms with E-state index in [0.717, 1.165) is 22.6 Å². The lowest BCUT2D eigenvalue weighted by Crippen LogP contribution is -2.10. The summed E-state index contributed by atoms with van der Waals surface area (Å²) in [6, 6.07) is 93.8. The quantitative estimate of drug-likeness (QED) is 0.155. The number of hydrogen-bond donors (Lipinski definition) is 0. The minimum absolute atomic E-state index is 1.09. The molecular weight excluding hydrogens is 853 g/mol. The fourth-order valence-electron chi connectivity index (χ4n) is 11.0. The SMILES string of the molecule is c1cc(-c2cccc3c2c2ccccc2n3-c2cccc3ccccc23)cc(N(c2ccc(-c3ccc4ccccc4c3)cc2)c2ccc(-c3cccc4ccccc34)c3sc4ccccc4c23)c1. The summed E-state index contributed by atoms with van der Waals surface area (Å²) in [6.45, 7) is 0. The molecule has 3 heteroatoms. The Morgan fingerprint density at radius 2 is 0.942 bits per heavy atom. The molecule has 0 aliphatic heterocycles. The van der Waals surface area contributed by atoms with Gasteiger partial charge in [0, 0.05) is 53.3 Å². The molecule has 0 atom stereocenters. The number of aromatic nitrogens is 1. The number of para-hydroxylation sites is 1. The molecular formula is C66H42N2S. The number of benzene rings is 12. The van der Waals surface area contributed by atoms with Crippen LogP contribution in [0.1, 0.15) is 0 Å². The van der Waals surface area contributed by atoms with E-state index in [-0.39, 0.29) is 0 Å². The molecule has 12 aromatic carbocycles. The molecule has 2 nitrogen and oxygen atoms in total. The molecule has 0 radical (unpaired) electrons. The van der Waals surface area contributed by atoms with Gasteiger partial charge in [0.25, 0.3) is 0 Å². The molecule has 0 spiro atoms. The highest BCUT2D eigenvalue weighted by Gasteiger charge is 2.23. The lowest BCUT2D eigenvalue weighted by atomic mass is 9.95. The van der Waals surface area contributed by atoms with Crippen LogP contribution in [-0.2, 0) is 0 Å². The van der Waals surface area contributed by atoms with E-state index < -0.39 is 0 Å². The van der Waals surface area contributed by atoms with Crippen LogP contribution < -0.4 is 4.90 Å². The highest BCUT2D eigenvalue weighted by Crippen LogP contribution is 2.50. The summed E-state index contributed by atoms with van der Waals surface area (Å²) in [5.74, 6) is 0. The molecule has 0 amide bonds. The molecule has 0 fully saturated rings. The minimum atomic E-state index is 1.09. The van der Waals surface area contributed by atoms with Crippen molar-refractivity contribution in [2.45, 2.75) is 0 Å². The Hall–Kier alpha value is -8.76. The van der Waals surface area contributed by atoms with Gasteiger partial charge in [-0.2, -0.15) is 0 Å². The highest BCUT2D eigenvalue weighted by atomic mass is 32.1. The molecule has 0 aliphatic carbocycles. The van der Waals surface area contributed by atoms with Crippen LogP contribution in [0.15, 0.2) is 255 Å². The number of fused-ring (bicyclic) bond motifs is 9. The van der Waals surface area contributed by atoms with Crippen LogP contribution >= 0.6 is 11.3 Å². The van der Waals surface area contributed by atoms with Gasteiger partial charge in [-0.3, -0.25) is 0 Å². The Bertz CT molecular complexity index is 4320. The maximum absolute atomic E-state index is 2.49. The van der Waals surface area contributed by atoms with Crippen molar-refractivity contribution in [3.8, 4) is 39.1 Å². The van der Waals surface area contributed by atoms with E-state index >= 15 is 0 Å². The highest BCUT2D eigenvalue weighted by molar-refractivity contribution is 7.26. The van der Waals surface area contributed by atoms with Gasteiger partial charge in [-0.05, 0) is 115 Å². The first-order valence-electron chi connectivity index (χ1n) is 23.7. The first kappa shape index (κ1) is 39.4. The molecule has 69 heavy (non-hydrogen) atoms. The summed E-state index contributed by atoms with van der Waals surface area (Å²) in [4.78, 5) is 2.49. The van der Waals surface area contributed by atoms with E-state index in [2.05, 4.69) is 264 Å². The number of anilines is 3. The van der Waals surface area contributed by atoms with E-state index in [4.69, 9.17) is 0 Å². The average molecular weight is 895 g/mol. The van der Waals surface area contributed by atoms with Gasteiger partial charge in [-0.25, -0.2) is 0 Å². The zero-order valence-corrected chi connectivity index (χ0v) is 38.4. The van der Waals surface area contributed by atoms with E-state index in [9.17, 15) is 0 Å². The molecule has 0 aliphatic rings. The van der Waals surface area contributed by atoms with Gasteiger partial charge < -0.3 is 9.47 Å². The molecule has 2 heterocycles. The Balaban J connectivity index is 0.994.